The Labute approximate surface area is 182 Å². The molecule has 3 aromatic rings. The summed E-state index contributed by atoms with van der Waals surface area (Å²) in [5.41, 5.74) is 0.419. The Morgan fingerprint density at radius 3 is 2.65 bits per heavy atom. The number of nitrogens with two attached hydrogens (primary N) is 1. The second-order valence-corrected chi connectivity index (χ2v) is 8.84. The van der Waals surface area contributed by atoms with Crippen LogP contribution in [0.4, 0.5) is 10.2 Å². The van der Waals surface area contributed by atoms with Crippen LogP contribution >= 0.6 is 15.9 Å². The Hall–Kier alpha value is -2.66. The van der Waals surface area contributed by atoms with Crippen LogP contribution < -0.4 is 21.0 Å². The largest absolute Gasteiger partial charge is 0.446 e. The molecule has 3 heterocycles. The van der Waals surface area contributed by atoms with Gasteiger partial charge in [-0.15, -0.1) is 4.83 Å². The summed E-state index contributed by atoms with van der Waals surface area (Å²) < 4.78 is 46.7. The van der Waals surface area contributed by atoms with Crippen LogP contribution in [0.5, 0.6) is 0 Å². The van der Waals surface area contributed by atoms with Gasteiger partial charge in [0.15, 0.2) is 5.69 Å². The summed E-state index contributed by atoms with van der Waals surface area (Å²) in [7, 11) is -3.83. The third-order valence-electron chi connectivity index (χ3n) is 4.56. The normalized spacial score (nSPS) is 16.0. The molecule has 16 heteroatoms. The van der Waals surface area contributed by atoms with Gasteiger partial charge in [-0.25, -0.2) is 28.5 Å². The fourth-order valence-electron chi connectivity index (χ4n) is 3.17. The number of hydrogen-bond donors (Lipinski definition) is 3. The Kier molecular flexibility index (Phi) is 5.89. The van der Waals surface area contributed by atoms with Gasteiger partial charge in [-0.2, -0.15) is 8.42 Å². The standard InChI is InChI=1S/C15H16BrFN8O5S/c16-10-7-9(1-2-11(10)17)25-14(22-29-15(25)26)12-13(21-30-20-12)19-8-3-5-24(6-4-8)23-31(18,27)28/h1-2,7-8,23H,3-6H2,(H,19,21)(H2,18,27,28). The van der Waals surface area contributed by atoms with Crippen molar-refractivity contribution >= 4 is 32.0 Å². The van der Waals surface area contributed by atoms with Crippen molar-refractivity contribution in [2.45, 2.75) is 18.9 Å². The molecule has 2 aromatic heterocycles. The lowest BCUT2D eigenvalue weighted by Gasteiger charge is -2.31. The first-order chi connectivity index (χ1) is 14.7. The molecule has 0 radical (unpaired) electrons. The van der Waals surface area contributed by atoms with Gasteiger partial charge < -0.3 is 5.32 Å². The number of hydrazine groups is 1. The molecule has 0 atom stereocenters. The van der Waals surface area contributed by atoms with E-state index in [2.05, 4.69) is 41.5 Å². The van der Waals surface area contributed by atoms with E-state index in [9.17, 15) is 17.6 Å². The van der Waals surface area contributed by atoms with E-state index in [1.165, 1.54) is 23.2 Å². The van der Waals surface area contributed by atoms with Crippen molar-refractivity contribution in [3.8, 4) is 17.2 Å². The molecule has 13 nitrogen and oxygen atoms in total. The monoisotopic (exact) mass is 518 g/mol. The van der Waals surface area contributed by atoms with Crippen LogP contribution in [0.1, 0.15) is 12.8 Å². The molecular formula is C15H16BrFN8O5S. The fourth-order valence-corrected chi connectivity index (χ4v) is 4.08. The lowest BCUT2D eigenvalue weighted by atomic mass is 10.1. The molecule has 4 N–H and O–H groups in total. The van der Waals surface area contributed by atoms with Crippen LogP contribution in [0, 0.1) is 5.82 Å². The Morgan fingerprint density at radius 2 is 1.97 bits per heavy atom. The number of aromatic nitrogens is 4. The number of hydrogen-bond acceptors (Lipinski definition) is 10. The first-order valence-electron chi connectivity index (χ1n) is 8.90. The smallest absolute Gasteiger partial charge is 0.362 e. The van der Waals surface area contributed by atoms with E-state index in [0.717, 1.165) is 4.57 Å². The van der Waals surface area contributed by atoms with Gasteiger partial charge in [-0.1, -0.05) is 5.16 Å². The van der Waals surface area contributed by atoms with E-state index < -0.39 is 21.8 Å². The van der Waals surface area contributed by atoms with Crippen molar-refractivity contribution in [1.29, 1.82) is 0 Å². The molecule has 0 amide bonds. The highest BCUT2D eigenvalue weighted by Gasteiger charge is 2.27. The summed E-state index contributed by atoms with van der Waals surface area (Å²) in [6.07, 6.45) is 1.12. The highest BCUT2D eigenvalue weighted by molar-refractivity contribution is 9.10. The minimum Gasteiger partial charge on any atom is -0.362 e. The van der Waals surface area contributed by atoms with Gasteiger partial charge in [0.05, 0.1) is 10.2 Å². The van der Waals surface area contributed by atoms with Gasteiger partial charge >= 0.3 is 5.76 Å². The van der Waals surface area contributed by atoms with E-state index in [1.807, 2.05) is 0 Å². The maximum Gasteiger partial charge on any atom is 0.446 e. The molecule has 4 rings (SSSR count). The Morgan fingerprint density at radius 1 is 1.23 bits per heavy atom. The molecule has 166 valence electrons. The van der Waals surface area contributed by atoms with Crippen LogP contribution in [-0.2, 0) is 10.2 Å². The van der Waals surface area contributed by atoms with Crippen LogP contribution in [-0.4, -0.2) is 52.6 Å². The van der Waals surface area contributed by atoms with Crippen LogP contribution in [0.25, 0.3) is 17.2 Å². The summed E-state index contributed by atoms with van der Waals surface area (Å²) in [6.45, 7) is 0.819. The minimum atomic E-state index is -3.83. The van der Waals surface area contributed by atoms with Crippen molar-refractivity contribution < 1.29 is 22.0 Å². The zero-order chi connectivity index (χ0) is 22.2. The minimum absolute atomic E-state index is 0.0144. The third-order valence-corrected chi connectivity index (χ3v) is 5.68. The topological polar surface area (TPSA) is 174 Å². The molecule has 1 saturated heterocycles. The Balaban J connectivity index is 1.55. The van der Waals surface area contributed by atoms with Crippen molar-refractivity contribution in [3.05, 3.63) is 39.0 Å². The molecule has 0 bridgehead atoms. The van der Waals surface area contributed by atoms with Gasteiger partial charge in [0.1, 0.15) is 5.82 Å². The molecule has 1 aromatic carbocycles. The number of anilines is 1. The lowest BCUT2D eigenvalue weighted by Crippen LogP contribution is -2.50. The number of nitrogens with zero attached hydrogens (tertiary/aromatic N) is 5. The van der Waals surface area contributed by atoms with Crippen molar-refractivity contribution in [2.24, 2.45) is 5.14 Å². The fraction of sp³-hybridized carbons (Fsp3) is 0.333. The second-order valence-electron chi connectivity index (χ2n) is 6.71. The average Bonchev–Trinajstić information content (AvgIpc) is 3.30. The molecular weight excluding hydrogens is 503 g/mol. The van der Waals surface area contributed by atoms with Crippen molar-refractivity contribution in [3.63, 3.8) is 0 Å². The number of nitrogens with one attached hydrogen (secondary N) is 2. The highest BCUT2D eigenvalue weighted by atomic mass is 79.9. The molecule has 0 saturated carbocycles. The highest BCUT2D eigenvalue weighted by Crippen LogP contribution is 2.27. The predicted octanol–water partition coefficient (Wildman–Crippen LogP) is 0.362. The average molecular weight is 519 g/mol. The number of halogens is 2. The van der Waals surface area contributed by atoms with Crippen LogP contribution in [0.2, 0.25) is 0 Å². The van der Waals surface area contributed by atoms with Crippen molar-refractivity contribution in [1.82, 2.24) is 29.9 Å². The zero-order valence-electron chi connectivity index (χ0n) is 15.7. The molecule has 0 spiro atoms. The predicted molar refractivity (Wildman–Crippen MR) is 108 cm³/mol. The summed E-state index contributed by atoms with van der Waals surface area (Å²) in [5, 5.41) is 21.0. The van der Waals surface area contributed by atoms with Gasteiger partial charge in [0, 0.05) is 19.1 Å². The van der Waals surface area contributed by atoms with E-state index >= 15 is 0 Å². The van der Waals surface area contributed by atoms with Crippen molar-refractivity contribution in [2.75, 3.05) is 18.4 Å². The molecule has 1 aliphatic rings. The van der Waals surface area contributed by atoms with E-state index in [4.69, 9.17) is 14.3 Å². The van der Waals surface area contributed by atoms with Gasteiger partial charge in [0.25, 0.3) is 10.2 Å². The molecule has 1 aliphatic heterocycles. The lowest BCUT2D eigenvalue weighted by molar-refractivity contribution is 0.191. The van der Waals surface area contributed by atoms with Crippen LogP contribution in [0.3, 0.4) is 0 Å². The van der Waals surface area contributed by atoms with Gasteiger partial charge in [-0.05, 0) is 57.3 Å². The summed E-state index contributed by atoms with van der Waals surface area (Å²) in [4.78, 5) is 14.5. The first-order valence-corrected chi connectivity index (χ1v) is 11.2. The Bertz CT molecular complexity index is 1250. The van der Waals surface area contributed by atoms with Gasteiger partial charge in [0.2, 0.25) is 11.6 Å². The zero-order valence-corrected chi connectivity index (χ0v) is 18.1. The van der Waals surface area contributed by atoms with E-state index in [1.54, 1.807) is 0 Å². The van der Waals surface area contributed by atoms with Crippen LogP contribution in [0.15, 0.2) is 36.6 Å². The summed E-state index contributed by atoms with van der Waals surface area (Å²) >= 11 is 3.08. The van der Waals surface area contributed by atoms with E-state index in [0.29, 0.717) is 31.6 Å². The van der Waals surface area contributed by atoms with E-state index in [-0.39, 0.29) is 27.9 Å². The summed E-state index contributed by atoms with van der Waals surface area (Å²) in [6, 6.07) is 3.88. The molecule has 1 fully saturated rings. The molecule has 31 heavy (non-hydrogen) atoms. The first kappa shape index (κ1) is 21.6. The molecule has 0 aliphatic carbocycles. The quantitative estimate of drug-likeness (QED) is 0.413. The third kappa shape index (κ3) is 4.82. The second kappa shape index (κ2) is 8.46. The SMILES string of the molecule is NS(=O)(=O)NN1CCC(Nc2nonc2-c2noc(=O)n2-c2ccc(F)c(Br)c2)CC1. The van der Waals surface area contributed by atoms with Gasteiger partial charge in [-0.3, -0.25) is 4.52 Å². The number of rotatable bonds is 6. The number of benzene rings is 1. The maximum absolute atomic E-state index is 13.6. The summed E-state index contributed by atoms with van der Waals surface area (Å²) in [5.74, 6) is -1.06. The molecule has 0 unspecified atom stereocenters. The maximum atomic E-state index is 13.6. The number of piperidine rings is 1.